The minimum Gasteiger partial charge on any atom is -0.118 e. The summed E-state index contributed by atoms with van der Waals surface area (Å²) < 4.78 is 0. The van der Waals surface area contributed by atoms with Gasteiger partial charge in [0, 0.05) is 11.1 Å². The molecule has 0 nitrogen and oxygen atoms in total. The SMILES string of the molecule is CS(C)(C#Cc1ccccc1)C#Cc1ccccc1. The van der Waals surface area contributed by atoms with Crippen LogP contribution in [0, 0.1) is 22.3 Å². The lowest BCUT2D eigenvalue weighted by atomic mass is 10.2. The van der Waals surface area contributed by atoms with E-state index in [1.54, 1.807) is 0 Å². The molecule has 2 aromatic rings. The molecule has 0 aromatic heterocycles. The third kappa shape index (κ3) is 4.59. The quantitative estimate of drug-likeness (QED) is 0.629. The highest BCUT2D eigenvalue weighted by Gasteiger charge is 2.01. The molecule has 0 amide bonds. The molecule has 0 aliphatic heterocycles. The third-order valence-electron chi connectivity index (χ3n) is 2.45. The second kappa shape index (κ2) is 6.19. The summed E-state index contributed by atoms with van der Waals surface area (Å²) in [7, 11) is -1.20. The van der Waals surface area contributed by atoms with Crippen LogP contribution in [0.15, 0.2) is 60.7 Å². The third-order valence-corrected chi connectivity index (χ3v) is 3.67. The standard InChI is InChI=1S/C18H16S/c1-19(2,15-13-17-9-5-3-6-10-17)16-14-18-11-7-4-8-12-18/h3-12H,1-2H3. The number of hydrogen-bond donors (Lipinski definition) is 0. The first-order valence-electron chi connectivity index (χ1n) is 6.05. The van der Waals surface area contributed by atoms with Crippen LogP contribution in [0.5, 0.6) is 0 Å². The first kappa shape index (κ1) is 13.3. The van der Waals surface area contributed by atoms with E-state index < -0.39 is 10.0 Å². The van der Waals surface area contributed by atoms with E-state index in [4.69, 9.17) is 0 Å². The normalized spacial score (nSPS) is 10.6. The number of rotatable bonds is 0. The Labute approximate surface area is 117 Å². The number of benzene rings is 2. The van der Waals surface area contributed by atoms with Gasteiger partial charge in [0.05, 0.1) is 0 Å². The molecule has 0 aliphatic carbocycles. The van der Waals surface area contributed by atoms with Crippen LogP contribution < -0.4 is 0 Å². The summed E-state index contributed by atoms with van der Waals surface area (Å²) in [6, 6.07) is 20.1. The first-order chi connectivity index (χ1) is 9.16. The van der Waals surface area contributed by atoms with Gasteiger partial charge in [0.25, 0.3) is 0 Å². The zero-order valence-corrected chi connectivity index (χ0v) is 12.0. The molecule has 19 heavy (non-hydrogen) atoms. The van der Waals surface area contributed by atoms with Gasteiger partial charge in [0.2, 0.25) is 0 Å². The van der Waals surface area contributed by atoms with Crippen molar-refractivity contribution in [1.29, 1.82) is 0 Å². The van der Waals surface area contributed by atoms with Crippen LogP contribution in [0.4, 0.5) is 0 Å². The van der Waals surface area contributed by atoms with Crippen LogP contribution in [0.25, 0.3) is 0 Å². The largest absolute Gasteiger partial charge is 0.118 e. The van der Waals surface area contributed by atoms with Gasteiger partial charge in [-0.15, -0.1) is 10.0 Å². The molecule has 1 heteroatoms. The fourth-order valence-electron chi connectivity index (χ4n) is 1.44. The topological polar surface area (TPSA) is 0 Å². The lowest BCUT2D eigenvalue weighted by Crippen LogP contribution is -1.86. The van der Waals surface area contributed by atoms with E-state index in [0.29, 0.717) is 0 Å². The summed E-state index contributed by atoms with van der Waals surface area (Å²) in [5.74, 6) is 6.41. The van der Waals surface area contributed by atoms with Crippen molar-refractivity contribution in [2.24, 2.45) is 0 Å². The molecule has 0 spiro atoms. The molecular formula is C18H16S. The molecule has 0 heterocycles. The van der Waals surface area contributed by atoms with E-state index >= 15 is 0 Å². The molecule has 0 atom stereocenters. The predicted octanol–water partition coefficient (Wildman–Crippen LogP) is 4.07. The molecule has 0 fully saturated rings. The Morgan fingerprint density at radius 1 is 0.632 bits per heavy atom. The van der Waals surface area contributed by atoms with Gasteiger partial charge in [-0.05, 0) is 47.3 Å². The van der Waals surface area contributed by atoms with Gasteiger partial charge in [-0.3, -0.25) is 0 Å². The second-order valence-electron chi connectivity index (χ2n) is 4.51. The molecule has 0 N–H and O–H groups in total. The Kier molecular flexibility index (Phi) is 4.35. The fraction of sp³-hybridized carbons (Fsp3) is 0.111. The average molecular weight is 264 g/mol. The van der Waals surface area contributed by atoms with Gasteiger partial charge in [0.1, 0.15) is 0 Å². The summed E-state index contributed by atoms with van der Waals surface area (Å²) in [5, 5.41) is 6.61. The molecule has 0 saturated carbocycles. The minimum absolute atomic E-state index is 1.05. The van der Waals surface area contributed by atoms with E-state index in [9.17, 15) is 0 Å². The highest BCUT2D eigenvalue weighted by atomic mass is 32.3. The van der Waals surface area contributed by atoms with Crippen molar-refractivity contribution in [3.8, 4) is 22.3 Å². The second-order valence-corrected chi connectivity index (χ2v) is 7.57. The van der Waals surface area contributed by atoms with Crippen molar-refractivity contribution in [3.63, 3.8) is 0 Å². The maximum absolute atomic E-state index is 3.31. The van der Waals surface area contributed by atoms with Crippen LogP contribution in [-0.4, -0.2) is 12.5 Å². The van der Waals surface area contributed by atoms with E-state index in [0.717, 1.165) is 11.1 Å². The summed E-state index contributed by atoms with van der Waals surface area (Å²) >= 11 is 0. The van der Waals surface area contributed by atoms with Gasteiger partial charge >= 0.3 is 0 Å². The highest BCUT2D eigenvalue weighted by Crippen LogP contribution is 2.36. The summed E-state index contributed by atoms with van der Waals surface area (Å²) in [5.41, 5.74) is 2.09. The Balaban J connectivity index is 2.16. The Hall–Kier alpha value is -2.09. The van der Waals surface area contributed by atoms with Crippen molar-refractivity contribution < 1.29 is 0 Å². The van der Waals surface area contributed by atoms with E-state index in [1.165, 1.54) is 0 Å². The lowest BCUT2D eigenvalue weighted by molar-refractivity contribution is 1.65. The van der Waals surface area contributed by atoms with Crippen LogP contribution in [0.2, 0.25) is 0 Å². The number of hydrogen-bond acceptors (Lipinski definition) is 0. The monoisotopic (exact) mass is 264 g/mol. The zero-order chi connectivity index (χ0) is 13.6. The maximum Gasteiger partial charge on any atom is 0.0254 e. The van der Waals surface area contributed by atoms with Crippen molar-refractivity contribution in [1.82, 2.24) is 0 Å². The Morgan fingerprint density at radius 3 is 1.37 bits per heavy atom. The van der Waals surface area contributed by atoms with Gasteiger partial charge in [0.15, 0.2) is 0 Å². The lowest BCUT2D eigenvalue weighted by Gasteiger charge is -2.14. The molecule has 0 bridgehead atoms. The molecule has 2 rings (SSSR count). The van der Waals surface area contributed by atoms with E-state index in [-0.39, 0.29) is 0 Å². The van der Waals surface area contributed by atoms with Crippen LogP contribution in [0.1, 0.15) is 11.1 Å². The highest BCUT2D eigenvalue weighted by molar-refractivity contribution is 8.40. The Bertz CT molecular complexity index is 587. The summed E-state index contributed by atoms with van der Waals surface area (Å²) in [4.78, 5) is 0. The van der Waals surface area contributed by atoms with Crippen LogP contribution >= 0.6 is 10.0 Å². The molecule has 0 unspecified atom stereocenters. The molecule has 2 aromatic carbocycles. The van der Waals surface area contributed by atoms with Crippen LogP contribution in [-0.2, 0) is 0 Å². The van der Waals surface area contributed by atoms with Gasteiger partial charge in [-0.1, -0.05) is 48.2 Å². The van der Waals surface area contributed by atoms with Crippen LogP contribution in [0.3, 0.4) is 0 Å². The summed E-state index contributed by atoms with van der Waals surface area (Å²) in [6.45, 7) is 0. The predicted molar refractivity (Wildman–Crippen MR) is 86.1 cm³/mol. The summed E-state index contributed by atoms with van der Waals surface area (Å²) in [6.07, 6.45) is 4.25. The van der Waals surface area contributed by atoms with Crippen molar-refractivity contribution >= 4 is 10.0 Å². The molecule has 94 valence electrons. The van der Waals surface area contributed by atoms with Gasteiger partial charge in [-0.25, -0.2) is 0 Å². The minimum atomic E-state index is -1.20. The van der Waals surface area contributed by atoms with E-state index in [1.807, 2.05) is 60.7 Å². The van der Waals surface area contributed by atoms with Crippen molar-refractivity contribution in [3.05, 3.63) is 71.8 Å². The molecular weight excluding hydrogens is 248 g/mol. The van der Waals surface area contributed by atoms with Gasteiger partial charge < -0.3 is 0 Å². The maximum atomic E-state index is 3.31. The Morgan fingerprint density at radius 2 is 1.00 bits per heavy atom. The fourth-order valence-corrected chi connectivity index (χ4v) is 2.24. The molecule has 0 aliphatic rings. The zero-order valence-electron chi connectivity index (χ0n) is 11.2. The van der Waals surface area contributed by atoms with Crippen molar-refractivity contribution in [2.45, 2.75) is 0 Å². The van der Waals surface area contributed by atoms with Crippen molar-refractivity contribution in [2.75, 3.05) is 12.5 Å². The smallest absolute Gasteiger partial charge is 0.0254 e. The molecule has 0 radical (unpaired) electrons. The first-order valence-corrected chi connectivity index (χ1v) is 8.50. The molecule has 0 saturated heterocycles. The average Bonchev–Trinajstić information content (AvgIpc) is 2.46. The van der Waals surface area contributed by atoms with E-state index in [2.05, 4.69) is 34.9 Å². The van der Waals surface area contributed by atoms with Gasteiger partial charge in [-0.2, -0.15) is 0 Å².